The molecule has 14 heavy (non-hydrogen) atoms. The number of hydrogen-bond donors (Lipinski definition) is 1. The van der Waals surface area contributed by atoms with Gasteiger partial charge in [0, 0.05) is 12.2 Å². The highest BCUT2D eigenvalue weighted by molar-refractivity contribution is 5.10. The van der Waals surface area contributed by atoms with Gasteiger partial charge in [-0.15, -0.1) is 0 Å². The molecule has 2 atom stereocenters. The molecule has 78 valence electrons. The predicted molar refractivity (Wildman–Crippen MR) is 58.9 cm³/mol. The zero-order chi connectivity index (χ0) is 10.6. The maximum atomic E-state index is 6.07. The second-order valence-corrected chi connectivity index (χ2v) is 3.74. The molecule has 0 bridgehead atoms. The molecular weight excluding hydrogens is 174 g/mol. The van der Waals surface area contributed by atoms with E-state index in [1.165, 1.54) is 0 Å². The Morgan fingerprint density at radius 3 is 2.57 bits per heavy atom. The van der Waals surface area contributed by atoms with Crippen LogP contribution in [0.3, 0.4) is 0 Å². The van der Waals surface area contributed by atoms with Gasteiger partial charge < -0.3 is 5.73 Å². The maximum absolute atomic E-state index is 6.07. The second kappa shape index (κ2) is 5.08. The Hall–Kier alpha value is -0.930. The lowest BCUT2D eigenvalue weighted by molar-refractivity contribution is 0.248. The Morgan fingerprint density at radius 1 is 1.43 bits per heavy atom. The molecule has 0 aromatic carbocycles. The van der Waals surface area contributed by atoms with Crippen molar-refractivity contribution in [2.75, 3.05) is 14.1 Å². The summed E-state index contributed by atoms with van der Waals surface area (Å²) in [5, 5.41) is 0. The van der Waals surface area contributed by atoms with Crippen molar-refractivity contribution in [1.29, 1.82) is 0 Å². The van der Waals surface area contributed by atoms with Gasteiger partial charge in [0.15, 0.2) is 0 Å². The molecule has 1 heterocycles. The molecule has 1 aromatic heterocycles. The minimum Gasteiger partial charge on any atom is -0.326 e. The van der Waals surface area contributed by atoms with Gasteiger partial charge in [0.1, 0.15) is 0 Å². The second-order valence-electron chi connectivity index (χ2n) is 3.74. The van der Waals surface area contributed by atoms with Crippen LogP contribution >= 0.6 is 0 Å². The molecule has 2 unspecified atom stereocenters. The van der Waals surface area contributed by atoms with E-state index < -0.39 is 0 Å². The van der Waals surface area contributed by atoms with Crippen LogP contribution in [0.15, 0.2) is 24.4 Å². The summed E-state index contributed by atoms with van der Waals surface area (Å²) in [5.41, 5.74) is 7.12. The van der Waals surface area contributed by atoms with Crippen LogP contribution in [0.2, 0.25) is 0 Å². The highest BCUT2D eigenvalue weighted by atomic mass is 15.1. The van der Waals surface area contributed by atoms with E-state index in [0.717, 1.165) is 12.1 Å². The molecule has 3 heteroatoms. The van der Waals surface area contributed by atoms with Gasteiger partial charge in [-0.25, -0.2) is 0 Å². The number of aromatic nitrogens is 1. The van der Waals surface area contributed by atoms with E-state index in [2.05, 4.69) is 16.8 Å². The van der Waals surface area contributed by atoms with Gasteiger partial charge >= 0.3 is 0 Å². The fraction of sp³-hybridized carbons (Fsp3) is 0.545. The summed E-state index contributed by atoms with van der Waals surface area (Å²) in [7, 11) is 4.07. The third kappa shape index (κ3) is 2.53. The van der Waals surface area contributed by atoms with E-state index >= 15 is 0 Å². The molecule has 0 spiro atoms. The largest absolute Gasteiger partial charge is 0.326 e. The van der Waals surface area contributed by atoms with Crippen molar-refractivity contribution < 1.29 is 0 Å². The van der Waals surface area contributed by atoms with Gasteiger partial charge in [-0.1, -0.05) is 13.0 Å². The number of pyridine rings is 1. The van der Waals surface area contributed by atoms with Crippen LogP contribution in [0.1, 0.15) is 25.1 Å². The first-order chi connectivity index (χ1) is 6.66. The molecule has 0 saturated heterocycles. The molecule has 3 nitrogen and oxygen atoms in total. The Morgan fingerprint density at radius 2 is 2.14 bits per heavy atom. The lowest BCUT2D eigenvalue weighted by Gasteiger charge is -2.28. The summed E-state index contributed by atoms with van der Waals surface area (Å²) in [4.78, 5) is 6.47. The quantitative estimate of drug-likeness (QED) is 0.786. The molecule has 0 aliphatic carbocycles. The third-order valence-electron chi connectivity index (χ3n) is 2.42. The van der Waals surface area contributed by atoms with Crippen LogP contribution in [0.5, 0.6) is 0 Å². The average Bonchev–Trinajstić information content (AvgIpc) is 2.19. The first-order valence-corrected chi connectivity index (χ1v) is 4.99. The molecule has 0 radical (unpaired) electrons. The number of rotatable bonds is 4. The fourth-order valence-electron chi connectivity index (χ4n) is 1.64. The smallest absolute Gasteiger partial charge is 0.0668 e. The highest BCUT2D eigenvalue weighted by Gasteiger charge is 2.21. The van der Waals surface area contributed by atoms with Crippen molar-refractivity contribution in [3.8, 4) is 0 Å². The minimum atomic E-state index is 0.139. The average molecular weight is 193 g/mol. The van der Waals surface area contributed by atoms with Gasteiger partial charge in [0.05, 0.1) is 11.7 Å². The molecule has 2 N–H and O–H groups in total. The van der Waals surface area contributed by atoms with Crippen LogP contribution in [0, 0.1) is 0 Å². The monoisotopic (exact) mass is 193 g/mol. The van der Waals surface area contributed by atoms with Crippen LogP contribution in [-0.2, 0) is 0 Å². The van der Waals surface area contributed by atoms with Gasteiger partial charge in [-0.3, -0.25) is 9.88 Å². The zero-order valence-electron chi connectivity index (χ0n) is 9.14. The Labute approximate surface area is 85.9 Å². The van der Waals surface area contributed by atoms with Gasteiger partial charge in [-0.05, 0) is 32.6 Å². The molecule has 1 aromatic rings. The molecule has 1 rings (SSSR count). The van der Waals surface area contributed by atoms with E-state index in [0.29, 0.717) is 0 Å². The van der Waals surface area contributed by atoms with Crippen LogP contribution < -0.4 is 5.73 Å². The lowest BCUT2D eigenvalue weighted by Crippen LogP contribution is -2.37. The predicted octanol–water partition coefficient (Wildman–Crippen LogP) is 1.42. The molecule has 0 aliphatic rings. The molecule has 0 amide bonds. The highest BCUT2D eigenvalue weighted by Crippen LogP contribution is 2.19. The molecule has 0 aliphatic heterocycles. The Balaban J connectivity index is 2.89. The lowest BCUT2D eigenvalue weighted by atomic mass is 10.0. The van der Waals surface area contributed by atoms with Crippen LogP contribution in [0.25, 0.3) is 0 Å². The standard InChI is InChI=1S/C11H19N3/c1-4-9(12)11(14(2)3)10-7-5-6-8-13-10/h5-9,11H,4,12H2,1-3H3. The van der Waals surface area contributed by atoms with Crippen LogP contribution in [-0.4, -0.2) is 30.0 Å². The molecule has 0 fully saturated rings. The number of nitrogens with two attached hydrogens (primary N) is 1. The summed E-state index contributed by atoms with van der Waals surface area (Å²) < 4.78 is 0. The SMILES string of the molecule is CCC(N)C(c1ccccn1)N(C)C. The summed E-state index contributed by atoms with van der Waals surface area (Å²) in [5.74, 6) is 0. The summed E-state index contributed by atoms with van der Waals surface area (Å²) >= 11 is 0. The summed E-state index contributed by atoms with van der Waals surface area (Å²) in [6.07, 6.45) is 2.77. The maximum Gasteiger partial charge on any atom is 0.0668 e. The van der Waals surface area contributed by atoms with Crippen molar-refractivity contribution in [2.24, 2.45) is 5.73 Å². The summed E-state index contributed by atoms with van der Waals surface area (Å²) in [6, 6.07) is 6.30. The van der Waals surface area contributed by atoms with Crippen molar-refractivity contribution in [3.63, 3.8) is 0 Å². The zero-order valence-corrected chi connectivity index (χ0v) is 9.14. The van der Waals surface area contributed by atoms with Crippen molar-refractivity contribution >= 4 is 0 Å². The van der Waals surface area contributed by atoms with Crippen molar-refractivity contribution in [3.05, 3.63) is 30.1 Å². The van der Waals surface area contributed by atoms with E-state index in [1.54, 1.807) is 0 Å². The number of hydrogen-bond acceptors (Lipinski definition) is 3. The van der Waals surface area contributed by atoms with E-state index in [4.69, 9.17) is 5.73 Å². The van der Waals surface area contributed by atoms with Crippen molar-refractivity contribution in [1.82, 2.24) is 9.88 Å². The minimum absolute atomic E-state index is 0.139. The van der Waals surface area contributed by atoms with Gasteiger partial charge in [0.25, 0.3) is 0 Å². The number of likely N-dealkylation sites (N-methyl/N-ethyl adjacent to an activating group) is 1. The van der Waals surface area contributed by atoms with Gasteiger partial charge in [0.2, 0.25) is 0 Å². The first kappa shape index (κ1) is 11.1. The van der Waals surface area contributed by atoms with E-state index in [9.17, 15) is 0 Å². The molecular formula is C11H19N3. The van der Waals surface area contributed by atoms with Crippen LogP contribution in [0.4, 0.5) is 0 Å². The van der Waals surface area contributed by atoms with E-state index in [1.807, 2.05) is 38.5 Å². The number of nitrogens with zero attached hydrogens (tertiary/aromatic N) is 2. The van der Waals surface area contributed by atoms with Crippen molar-refractivity contribution in [2.45, 2.75) is 25.4 Å². The first-order valence-electron chi connectivity index (χ1n) is 4.99. The summed E-state index contributed by atoms with van der Waals surface area (Å²) in [6.45, 7) is 2.10. The van der Waals surface area contributed by atoms with E-state index in [-0.39, 0.29) is 12.1 Å². The molecule has 0 saturated carbocycles. The topological polar surface area (TPSA) is 42.1 Å². The third-order valence-corrected chi connectivity index (χ3v) is 2.42. The van der Waals surface area contributed by atoms with Gasteiger partial charge in [-0.2, -0.15) is 0 Å². The fourth-order valence-corrected chi connectivity index (χ4v) is 1.64. The Kier molecular flexibility index (Phi) is 4.04. The Bertz CT molecular complexity index is 258. The normalized spacial score (nSPS) is 15.5.